The summed E-state index contributed by atoms with van der Waals surface area (Å²) < 4.78 is 5.18. The number of carbonyl (C=O) groups excluding carboxylic acids is 1. The Labute approximate surface area is 111 Å². The standard InChI is InChI=1S/C14H28N2O2/c1-13(2,3)18-12(17)15-8-6-7-11-9-14(4,5)16-10-11/h11,16H,6-10H2,1-5H3,(H,15,17). The smallest absolute Gasteiger partial charge is 0.407 e. The zero-order chi connectivity index (χ0) is 13.8. The molecule has 0 aliphatic carbocycles. The van der Waals surface area contributed by atoms with E-state index in [0.29, 0.717) is 6.54 Å². The molecule has 0 aromatic heterocycles. The van der Waals surface area contributed by atoms with Crippen LogP contribution in [0.1, 0.15) is 53.9 Å². The molecule has 0 aromatic carbocycles. The van der Waals surface area contributed by atoms with Crippen molar-refractivity contribution in [3.63, 3.8) is 0 Å². The molecule has 0 radical (unpaired) electrons. The van der Waals surface area contributed by atoms with Crippen LogP contribution in [0.2, 0.25) is 0 Å². The van der Waals surface area contributed by atoms with Crippen molar-refractivity contribution < 1.29 is 9.53 Å². The van der Waals surface area contributed by atoms with Crippen molar-refractivity contribution in [2.24, 2.45) is 5.92 Å². The van der Waals surface area contributed by atoms with Crippen molar-refractivity contribution in [3.05, 3.63) is 0 Å². The number of carbonyl (C=O) groups is 1. The predicted molar refractivity (Wildman–Crippen MR) is 73.7 cm³/mol. The minimum absolute atomic E-state index is 0.281. The molecule has 1 amide bonds. The number of amides is 1. The molecular formula is C14H28N2O2. The van der Waals surface area contributed by atoms with Gasteiger partial charge >= 0.3 is 6.09 Å². The van der Waals surface area contributed by atoms with Crippen LogP contribution >= 0.6 is 0 Å². The maximum atomic E-state index is 11.4. The Hall–Kier alpha value is -0.770. The normalized spacial score (nSPS) is 22.8. The summed E-state index contributed by atoms with van der Waals surface area (Å²) in [4.78, 5) is 11.4. The first-order valence-corrected chi connectivity index (χ1v) is 6.90. The minimum Gasteiger partial charge on any atom is -0.444 e. The summed E-state index contributed by atoms with van der Waals surface area (Å²) in [6, 6.07) is 0. The number of ether oxygens (including phenoxy) is 1. The van der Waals surface area contributed by atoms with Gasteiger partial charge in [-0.15, -0.1) is 0 Å². The van der Waals surface area contributed by atoms with E-state index in [1.165, 1.54) is 6.42 Å². The van der Waals surface area contributed by atoms with E-state index in [1.807, 2.05) is 20.8 Å². The zero-order valence-electron chi connectivity index (χ0n) is 12.4. The Morgan fingerprint density at radius 3 is 2.61 bits per heavy atom. The molecule has 1 saturated heterocycles. The first-order valence-electron chi connectivity index (χ1n) is 6.90. The summed E-state index contributed by atoms with van der Waals surface area (Å²) >= 11 is 0. The summed E-state index contributed by atoms with van der Waals surface area (Å²) in [5.74, 6) is 0.737. The third kappa shape index (κ3) is 6.24. The number of hydrogen-bond acceptors (Lipinski definition) is 3. The van der Waals surface area contributed by atoms with Gasteiger partial charge in [-0.25, -0.2) is 4.79 Å². The highest BCUT2D eigenvalue weighted by Gasteiger charge is 2.29. The van der Waals surface area contributed by atoms with Crippen LogP contribution in [0.5, 0.6) is 0 Å². The number of alkyl carbamates (subject to hydrolysis) is 1. The fourth-order valence-electron chi connectivity index (χ4n) is 2.39. The van der Waals surface area contributed by atoms with Crippen LogP contribution < -0.4 is 10.6 Å². The second-order valence-electron chi connectivity index (χ2n) is 6.91. The van der Waals surface area contributed by atoms with Crippen molar-refractivity contribution in [2.75, 3.05) is 13.1 Å². The van der Waals surface area contributed by atoms with Crippen molar-refractivity contribution in [2.45, 2.75) is 65.0 Å². The van der Waals surface area contributed by atoms with E-state index in [1.54, 1.807) is 0 Å². The highest BCUT2D eigenvalue weighted by molar-refractivity contribution is 5.67. The van der Waals surface area contributed by atoms with Gasteiger partial charge < -0.3 is 15.4 Å². The molecule has 0 aromatic rings. The molecule has 2 N–H and O–H groups in total. The van der Waals surface area contributed by atoms with Crippen LogP contribution in [-0.4, -0.2) is 30.3 Å². The molecule has 1 unspecified atom stereocenters. The van der Waals surface area contributed by atoms with Crippen LogP contribution in [-0.2, 0) is 4.74 Å². The van der Waals surface area contributed by atoms with Gasteiger partial charge in [0.2, 0.25) is 0 Å². The van der Waals surface area contributed by atoms with Crippen molar-refractivity contribution in [3.8, 4) is 0 Å². The third-order valence-corrected chi connectivity index (χ3v) is 3.13. The Kier molecular flexibility index (Phi) is 5.02. The summed E-state index contributed by atoms with van der Waals surface area (Å²) in [5, 5.41) is 6.32. The zero-order valence-corrected chi connectivity index (χ0v) is 12.4. The van der Waals surface area contributed by atoms with Crippen molar-refractivity contribution in [1.29, 1.82) is 0 Å². The molecule has 1 heterocycles. The highest BCUT2D eigenvalue weighted by Crippen LogP contribution is 2.26. The van der Waals surface area contributed by atoms with E-state index in [9.17, 15) is 4.79 Å². The molecule has 4 nitrogen and oxygen atoms in total. The fraction of sp³-hybridized carbons (Fsp3) is 0.929. The lowest BCUT2D eigenvalue weighted by Gasteiger charge is -2.20. The topological polar surface area (TPSA) is 50.4 Å². The molecular weight excluding hydrogens is 228 g/mol. The van der Waals surface area contributed by atoms with Crippen LogP contribution in [0, 0.1) is 5.92 Å². The molecule has 1 atom stereocenters. The molecule has 0 spiro atoms. The van der Waals surface area contributed by atoms with Gasteiger partial charge in [-0.3, -0.25) is 0 Å². The van der Waals surface area contributed by atoms with E-state index in [-0.39, 0.29) is 11.6 Å². The van der Waals surface area contributed by atoms with Crippen molar-refractivity contribution in [1.82, 2.24) is 10.6 Å². The predicted octanol–water partition coefficient (Wildman–Crippen LogP) is 2.68. The van der Waals surface area contributed by atoms with Gasteiger partial charge in [0, 0.05) is 12.1 Å². The average molecular weight is 256 g/mol. The lowest BCUT2D eigenvalue weighted by Crippen LogP contribution is -2.33. The van der Waals surface area contributed by atoms with E-state index in [2.05, 4.69) is 24.5 Å². The third-order valence-electron chi connectivity index (χ3n) is 3.13. The monoisotopic (exact) mass is 256 g/mol. The molecule has 4 heteroatoms. The lowest BCUT2D eigenvalue weighted by atomic mass is 9.94. The molecule has 0 bridgehead atoms. The SMILES string of the molecule is CC1(C)CC(CCCNC(=O)OC(C)(C)C)CN1. The van der Waals surface area contributed by atoms with Crippen LogP contribution in [0.25, 0.3) is 0 Å². The summed E-state index contributed by atoms with van der Waals surface area (Å²) in [6.07, 6.45) is 3.08. The van der Waals surface area contributed by atoms with E-state index >= 15 is 0 Å². The van der Waals surface area contributed by atoms with Gasteiger partial charge in [0.25, 0.3) is 0 Å². The van der Waals surface area contributed by atoms with Crippen molar-refractivity contribution >= 4 is 6.09 Å². The van der Waals surface area contributed by atoms with E-state index < -0.39 is 5.60 Å². The molecule has 1 fully saturated rings. The second kappa shape index (κ2) is 5.91. The Morgan fingerprint density at radius 2 is 2.11 bits per heavy atom. The Balaban J connectivity index is 2.07. The maximum absolute atomic E-state index is 11.4. The average Bonchev–Trinajstić information content (AvgIpc) is 2.50. The number of rotatable bonds is 4. The maximum Gasteiger partial charge on any atom is 0.407 e. The summed E-state index contributed by atoms with van der Waals surface area (Å²) in [7, 11) is 0. The molecule has 0 saturated carbocycles. The highest BCUT2D eigenvalue weighted by atomic mass is 16.6. The first-order chi connectivity index (χ1) is 8.18. The van der Waals surface area contributed by atoms with Gasteiger partial charge in [0.05, 0.1) is 0 Å². The molecule has 1 rings (SSSR count). The summed E-state index contributed by atoms with van der Waals surface area (Å²) in [6.45, 7) is 11.9. The quantitative estimate of drug-likeness (QED) is 0.760. The second-order valence-corrected chi connectivity index (χ2v) is 6.91. The van der Waals surface area contributed by atoms with Gasteiger partial charge in [-0.1, -0.05) is 0 Å². The minimum atomic E-state index is -0.413. The Morgan fingerprint density at radius 1 is 1.44 bits per heavy atom. The molecule has 1 aliphatic heterocycles. The number of nitrogens with one attached hydrogen (secondary N) is 2. The van der Waals surface area contributed by atoms with Crippen LogP contribution in [0.15, 0.2) is 0 Å². The van der Waals surface area contributed by atoms with E-state index in [0.717, 1.165) is 25.3 Å². The molecule has 1 aliphatic rings. The molecule has 18 heavy (non-hydrogen) atoms. The molecule has 106 valence electrons. The van der Waals surface area contributed by atoms with Gasteiger partial charge in [-0.2, -0.15) is 0 Å². The fourth-order valence-corrected chi connectivity index (χ4v) is 2.39. The van der Waals surface area contributed by atoms with E-state index in [4.69, 9.17) is 4.74 Å². The lowest BCUT2D eigenvalue weighted by molar-refractivity contribution is 0.0526. The number of hydrogen-bond donors (Lipinski definition) is 2. The summed E-state index contributed by atoms with van der Waals surface area (Å²) in [5.41, 5.74) is -0.132. The van der Waals surface area contributed by atoms with Crippen LogP contribution in [0.3, 0.4) is 0 Å². The Bertz CT molecular complexity index is 282. The van der Waals surface area contributed by atoms with Gasteiger partial charge in [0.1, 0.15) is 5.60 Å². The van der Waals surface area contributed by atoms with Crippen LogP contribution in [0.4, 0.5) is 4.79 Å². The van der Waals surface area contributed by atoms with Gasteiger partial charge in [-0.05, 0) is 66.3 Å². The van der Waals surface area contributed by atoms with Gasteiger partial charge in [0.15, 0.2) is 0 Å². The largest absolute Gasteiger partial charge is 0.444 e. The first kappa shape index (κ1) is 15.3.